The summed E-state index contributed by atoms with van der Waals surface area (Å²) in [6, 6.07) is 69.8. The minimum Gasteiger partial charge on any atom is -0.376 e. The highest BCUT2D eigenvalue weighted by molar-refractivity contribution is 6.93. The van der Waals surface area contributed by atoms with Crippen LogP contribution in [0.1, 0.15) is 11.1 Å². The lowest BCUT2D eigenvalue weighted by molar-refractivity contribution is 1.24. The van der Waals surface area contributed by atoms with Crippen molar-refractivity contribution in [1.29, 1.82) is 0 Å². The zero-order valence-corrected chi connectivity index (χ0v) is 30.9. The summed E-state index contributed by atoms with van der Waals surface area (Å²) in [5.74, 6) is 0. The van der Waals surface area contributed by atoms with Gasteiger partial charge in [0.15, 0.2) is 0 Å². The van der Waals surface area contributed by atoms with Crippen LogP contribution < -0.4 is 20.6 Å². The number of benzene rings is 9. The Morgan fingerprint density at radius 2 is 0.927 bits per heavy atom. The molecule has 0 spiro atoms. The number of nitrogens with zero attached hydrogens (tertiary/aromatic N) is 2. The molecule has 0 saturated heterocycles. The highest BCUT2D eigenvalue weighted by Gasteiger charge is 2.45. The smallest absolute Gasteiger partial charge is 0.333 e. The van der Waals surface area contributed by atoms with Crippen LogP contribution in [0, 0.1) is 13.8 Å². The van der Waals surface area contributed by atoms with Gasteiger partial charge in [0.05, 0.1) is 0 Å². The molecule has 0 atom stereocenters. The second kappa shape index (κ2) is 12.4. The van der Waals surface area contributed by atoms with Gasteiger partial charge in [0.1, 0.15) is 0 Å². The van der Waals surface area contributed by atoms with Crippen molar-refractivity contribution in [2.45, 2.75) is 13.8 Å². The first kappa shape index (κ1) is 31.7. The maximum atomic E-state index is 2.62. The summed E-state index contributed by atoms with van der Waals surface area (Å²) in [6.45, 7) is 4.44. The molecular weight excluding hydrogens is 663 g/mol. The molecule has 2 aliphatic rings. The van der Waals surface area contributed by atoms with Crippen molar-refractivity contribution in [3.05, 3.63) is 199 Å². The lowest BCUT2D eigenvalue weighted by Gasteiger charge is -2.46. The van der Waals surface area contributed by atoms with Crippen LogP contribution in [0.5, 0.6) is 0 Å². The highest BCUT2D eigenvalue weighted by atomic mass is 15.2. The van der Waals surface area contributed by atoms with Crippen LogP contribution in [0.25, 0.3) is 54.9 Å². The van der Waals surface area contributed by atoms with E-state index in [1.165, 1.54) is 105 Å². The molecule has 0 saturated carbocycles. The van der Waals surface area contributed by atoms with Crippen molar-refractivity contribution in [2.75, 3.05) is 9.71 Å². The fourth-order valence-corrected chi connectivity index (χ4v) is 9.12. The summed E-state index contributed by atoms with van der Waals surface area (Å²) < 4.78 is 0. The van der Waals surface area contributed by atoms with Crippen LogP contribution in [0.15, 0.2) is 188 Å². The molecule has 3 heteroatoms. The molecule has 55 heavy (non-hydrogen) atoms. The van der Waals surface area contributed by atoms with Gasteiger partial charge in [-0.2, -0.15) is 0 Å². The SMILES string of the molecule is Cc1cc2c3c(c1)N(c1cc(-c4ccccc4)ccc1C)c1cc4ccccc4cc1B3N(c1ccc(-c3ccccc3)cc1)c1cc3ccccc3cc1-2. The zero-order valence-electron chi connectivity index (χ0n) is 30.9. The molecule has 2 heterocycles. The lowest BCUT2D eigenvalue weighted by atomic mass is 9.43. The predicted octanol–water partition coefficient (Wildman–Crippen LogP) is 12.7. The Kier molecular flexibility index (Phi) is 7.12. The minimum atomic E-state index is -0.0599. The topological polar surface area (TPSA) is 6.48 Å². The first-order valence-corrected chi connectivity index (χ1v) is 19.2. The summed E-state index contributed by atoms with van der Waals surface area (Å²) in [5, 5.41) is 4.98. The molecular formula is C52H37BN2. The number of hydrogen-bond acceptors (Lipinski definition) is 2. The van der Waals surface area contributed by atoms with E-state index < -0.39 is 0 Å². The Balaban J connectivity index is 1.23. The lowest BCUT2D eigenvalue weighted by Crippen LogP contribution is -2.61. The summed E-state index contributed by atoms with van der Waals surface area (Å²) >= 11 is 0. The second-order valence-corrected chi connectivity index (χ2v) is 15.1. The van der Waals surface area contributed by atoms with Crippen molar-refractivity contribution < 1.29 is 0 Å². The number of aryl methyl sites for hydroxylation is 2. The summed E-state index contributed by atoms with van der Waals surface area (Å²) in [6.07, 6.45) is 0. The first-order chi connectivity index (χ1) is 27.1. The van der Waals surface area contributed by atoms with E-state index in [1.807, 2.05) is 0 Å². The summed E-state index contributed by atoms with van der Waals surface area (Å²) in [4.78, 5) is 5.19. The van der Waals surface area contributed by atoms with Crippen LogP contribution in [0.3, 0.4) is 0 Å². The van der Waals surface area contributed by atoms with Crippen LogP contribution in [0.4, 0.5) is 28.4 Å². The molecule has 11 rings (SSSR count). The van der Waals surface area contributed by atoms with Gasteiger partial charge in [-0.1, -0.05) is 146 Å². The molecule has 2 nitrogen and oxygen atoms in total. The van der Waals surface area contributed by atoms with Gasteiger partial charge in [-0.05, 0) is 128 Å². The second-order valence-electron chi connectivity index (χ2n) is 15.1. The average Bonchev–Trinajstić information content (AvgIpc) is 3.23. The molecule has 0 aliphatic carbocycles. The standard InChI is InChI=1S/C52H37BN2/c1-34-27-46-45-29-39-17-9-11-19-41(39)32-49(45)55(44-25-23-38(24-26-44)36-13-5-3-6-14-36)53-47-30-40-18-10-12-20-42(40)33-50(47)54(51(28-34)52(46)53)48-31-43(22-21-35(48)2)37-15-7-4-8-16-37/h3-33H,1-2H3. The van der Waals surface area contributed by atoms with E-state index >= 15 is 0 Å². The Bertz CT molecular complexity index is 2950. The van der Waals surface area contributed by atoms with E-state index in [9.17, 15) is 0 Å². The highest BCUT2D eigenvalue weighted by Crippen LogP contribution is 2.49. The van der Waals surface area contributed by atoms with Gasteiger partial charge in [-0.3, -0.25) is 0 Å². The molecule has 0 amide bonds. The van der Waals surface area contributed by atoms with Crippen molar-refractivity contribution in [3.63, 3.8) is 0 Å². The Labute approximate surface area is 322 Å². The van der Waals surface area contributed by atoms with Crippen LogP contribution in [0.2, 0.25) is 0 Å². The quantitative estimate of drug-likeness (QED) is 0.169. The van der Waals surface area contributed by atoms with Gasteiger partial charge in [-0.25, -0.2) is 0 Å². The molecule has 0 fully saturated rings. The van der Waals surface area contributed by atoms with Gasteiger partial charge < -0.3 is 9.71 Å². The van der Waals surface area contributed by atoms with E-state index in [2.05, 4.69) is 212 Å². The average molecular weight is 701 g/mol. The van der Waals surface area contributed by atoms with Crippen molar-refractivity contribution in [2.24, 2.45) is 0 Å². The third-order valence-corrected chi connectivity index (χ3v) is 11.7. The first-order valence-electron chi connectivity index (χ1n) is 19.2. The van der Waals surface area contributed by atoms with Crippen LogP contribution >= 0.6 is 0 Å². The molecule has 9 aromatic rings. The number of hydrogen-bond donors (Lipinski definition) is 0. The molecule has 258 valence electrons. The van der Waals surface area contributed by atoms with E-state index in [1.54, 1.807) is 0 Å². The van der Waals surface area contributed by atoms with Gasteiger partial charge in [-0.15, -0.1) is 0 Å². The van der Waals surface area contributed by atoms with E-state index in [0.29, 0.717) is 0 Å². The Hall–Kier alpha value is -6.84. The van der Waals surface area contributed by atoms with Gasteiger partial charge in [0.2, 0.25) is 0 Å². The number of rotatable bonds is 4. The van der Waals surface area contributed by atoms with E-state index in [4.69, 9.17) is 0 Å². The van der Waals surface area contributed by atoms with E-state index in [-0.39, 0.29) is 6.85 Å². The van der Waals surface area contributed by atoms with E-state index in [0.717, 1.165) is 0 Å². The monoisotopic (exact) mass is 700 g/mol. The van der Waals surface area contributed by atoms with Crippen LogP contribution in [-0.2, 0) is 0 Å². The maximum Gasteiger partial charge on any atom is 0.333 e. The molecule has 0 aromatic heterocycles. The normalized spacial score (nSPS) is 12.8. The molecule has 9 aromatic carbocycles. The molecule has 2 aliphatic heterocycles. The zero-order chi connectivity index (χ0) is 36.6. The van der Waals surface area contributed by atoms with Crippen molar-refractivity contribution in [1.82, 2.24) is 0 Å². The fraction of sp³-hybridized carbons (Fsp3) is 0.0385. The fourth-order valence-electron chi connectivity index (χ4n) is 9.12. The molecule has 0 unspecified atom stereocenters. The van der Waals surface area contributed by atoms with Crippen molar-refractivity contribution in [3.8, 4) is 33.4 Å². The largest absolute Gasteiger partial charge is 0.376 e. The van der Waals surface area contributed by atoms with Crippen molar-refractivity contribution >= 4 is 67.8 Å². The molecule has 0 bridgehead atoms. The molecule has 0 radical (unpaired) electrons. The predicted molar refractivity (Wildman–Crippen MR) is 236 cm³/mol. The number of anilines is 5. The summed E-state index contributed by atoms with van der Waals surface area (Å²) in [7, 11) is 0. The van der Waals surface area contributed by atoms with Gasteiger partial charge in [0, 0.05) is 34.0 Å². The summed E-state index contributed by atoms with van der Waals surface area (Å²) in [5.41, 5.74) is 18.6. The van der Waals surface area contributed by atoms with Gasteiger partial charge in [0.25, 0.3) is 0 Å². The molecule has 0 N–H and O–H groups in total. The Morgan fingerprint density at radius 3 is 1.60 bits per heavy atom. The Morgan fingerprint density at radius 1 is 0.382 bits per heavy atom. The van der Waals surface area contributed by atoms with Crippen LogP contribution in [-0.4, -0.2) is 6.85 Å². The third-order valence-electron chi connectivity index (χ3n) is 11.7. The maximum absolute atomic E-state index is 2.62. The minimum absolute atomic E-state index is 0.0599. The third kappa shape index (κ3) is 5.04. The number of fused-ring (bicyclic) bond motifs is 6. The van der Waals surface area contributed by atoms with Gasteiger partial charge >= 0.3 is 6.85 Å².